The number of esters is 1. The number of aliphatic imine (C=N–C) groups is 1. The summed E-state index contributed by atoms with van der Waals surface area (Å²) in [6.07, 6.45) is 1.07. The van der Waals surface area contributed by atoms with E-state index >= 15 is 0 Å². The zero-order chi connectivity index (χ0) is 27.3. The molecule has 0 saturated heterocycles. The summed E-state index contributed by atoms with van der Waals surface area (Å²) in [4.78, 5) is 31.7. The Kier molecular flexibility index (Phi) is 8.67. The molecule has 2 aliphatic rings. The van der Waals surface area contributed by atoms with E-state index in [9.17, 15) is 9.59 Å². The van der Waals surface area contributed by atoms with Gasteiger partial charge in [-0.1, -0.05) is 50.2 Å². The fraction of sp³-hybridized carbons (Fsp3) is 0.452. The second-order valence-corrected chi connectivity index (χ2v) is 10.6. The highest BCUT2D eigenvalue weighted by atomic mass is 16.6. The second kappa shape index (κ2) is 11.9. The summed E-state index contributed by atoms with van der Waals surface area (Å²) >= 11 is 0. The molecule has 1 aliphatic carbocycles. The number of methoxy groups -OCH3 is 1. The first-order chi connectivity index (χ1) is 18.2. The summed E-state index contributed by atoms with van der Waals surface area (Å²) in [5.41, 5.74) is 3.64. The van der Waals surface area contributed by atoms with Crippen molar-refractivity contribution in [2.75, 3.05) is 26.9 Å². The van der Waals surface area contributed by atoms with Crippen molar-refractivity contribution in [2.45, 2.75) is 53.1 Å². The summed E-state index contributed by atoms with van der Waals surface area (Å²) in [7, 11) is 1.58. The van der Waals surface area contributed by atoms with Crippen molar-refractivity contribution in [2.24, 2.45) is 16.3 Å². The Hall–Kier alpha value is -3.45. The van der Waals surface area contributed by atoms with Crippen molar-refractivity contribution in [1.29, 1.82) is 0 Å². The van der Waals surface area contributed by atoms with E-state index in [-0.39, 0.29) is 17.8 Å². The van der Waals surface area contributed by atoms with E-state index < -0.39 is 17.8 Å². The third-order valence-corrected chi connectivity index (χ3v) is 7.02. The van der Waals surface area contributed by atoms with E-state index in [2.05, 4.69) is 13.8 Å². The lowest BCUT2D eigenvalue weighted by molar-refractivity contribution is -0.148. The maximum absolute atomic E-state index is 13.5. The Bertz CT molecular complexity index is 1230. The summed E-state index contributed by atoms with van der Waals surface area (Å²) in [6, 6.07) is 15.5. The lowest BCUT2D eigenvalue weighted by atomic mass is 9.67. The molecule has 2 atom stereocenters. The SMILES string of the molecule is CCOCCOC(=O)C1C(C)=NC2=C(C(=O)CC(C)(C)C2)[C@H]1c1ccc(OCc2ccccc2)c(OC)c1. The van der Waals surface area contributed by atoms with Gasteiger partial charge in [0, 0.05) is 35.9 Å². The Balaban J connectivity index is 1.70. The Morgan fingerprint density at radius 1 is 1.05 bits per heavy atom. The molecule has 1 heterocycles. The Labute approximate surface area is 224 Å². The largest absolute Gasteiger partial charge is 0.493 e. The van der Waals surface area contributed by atoms with Crippen molar-refractivity contribution in [1.82, 2.24) is 0 Å². The number of hydrogen-bond acceptors (Lipinski definition) is 7. The molecular formula is C31H37NO6. The molecule has 0 aromatic heterocycles. The quantitative estimate of drug-likeness (QED) is 0.297. The first-order valence-corrected chi connectivity index (χ1v) is 13.1. The van der Waals surface area contributed by atoms with Gasteiger partial charge < -0.3 is 18.9 Å². The highest BCUT2D eigenvalue weighted by Crippen LogP contribution is 2.49. The van der Waals surface area contributed by atoms with Crippen LogP contribution in [0.15, 0.2) is 64.8 Å². The fourth-order valence-corrected chi connectivity index (χ4v) is 5.28. The third-order valence-electron chi connectivity index (χ3n) is 7.02. The summed E-state index contributed by atoms with van der Waals surface area (Å²) in [6.45, 7) is 9.28. The number of benzene rings is 2. The van der Waals surface area contributed by atoms with Gasteiger partial charge in [0.2, 0.25) is 0 Å². The number of ketones is 1. The highest BCUT2D eigenvalue weighted by molar-refractivity contribution is 6.09. The van der Waals surface area contributed by atoms with Gasteiger partial charge in [-0.15, -0.1) is 0 Å². The topological polar surface area (TPSA) is 83.4 Å². The normalized spacial score (nSPS) is 20.4. The van der Waals surface area contributed by atoms with E-state index in [1.165, 1.54) is 0 Å². The molecule has 1 unspecified atom stereocenters. The number of carbonyl (C=O) groups is 2. The van der Waals surface area contributed by atoms with Crippen LogP contribution in [-0.4, -0.2) is 44.4 Å². The Morgan fingerprint density at radius 2 is 1.82 bits per heavy atom. The molecule has 4 rings (SSSR count). The molecule has 0 fully saturated rings. The van der Waals surface area contributed by atoms with Gasteiger partial charge in [-0.3, -0.25) is 14.6 Å². The lowest BCUT2D eigenvalue weighted by Crippen LogP contribution is -2.39. The number of hydrogen-bond donors (Lipinski definition) is 0. The molecule has 38 heavy (non-hydrogen) atoms. The summed E-state index contributed by atoms with van der Waals surface area (Å²) in [5, 5.41) is 0. The van der Waals surface area contributed by atoms with E-state index in [1.54, 1.807) is 7.11 Å². The van der Waals surface area contributed by atoms with Crippen LogP contribution in [0, 0.1) is 11.3 Å². The number of ether oxygens (including phenoxy) is 4. The minimum absolute atomic E-state index is 0.0213. The van der Waals surface area contributed by atoms with E-state index in [0.717, 1.165) is 16.8 Å². The molecule has 0 spiro atoms. The van der Waals surface area contributed by atoms with Crippen LogP contribution >= 0.6 is 0 Å². The zero-order valence-electron chi connectivity index (χ0n) is 22.9. The Morgan fingerprint density at radius 3 is 2.53 bits per heavy atom. The minimum atomic E-state index is -0.721. The molecule has 1 aliphatic heterocycles. The predicted molar refractivity (Wildman–Crippen MR) is 146 cm³/mol. The van der Waals surface area contributed by atoms with Crippen molar-refractivity contribution in [3.8, 4) is 11.5 Å². The van der Waals surface area contributed by atoms with Gasteiger partial charge in [-0.25, -0.2) is 0 Å². The van der Waals surface area contributed by atoms with Crippen LogP contribution in [0.2, 0.25) is 0 Å². The van der Waals surface area contributed by atoms with E-state index in [1.807, 2.05) is 62.4 Å². The highest BCUT2D eigenvalue weighted by Gasteiger charge is 2.46. The van der Waals surface area contributed by atoms with Crippen LogP contribution in [0.3, 0.4) is 0 Å². The number of carbonyl (C=O) groups excluding carboxylic acids is 2. The van der Waals surface area contributed by atoms with Crippen LogP contribution in [0.4, 0.5) is 0 Å². The average Bonchev–Trinajstić information content (AvgIpc) is 2.88. The van der Waals surface area contributed by atoms with Gasteiger partial charge in [0.15, 0.2) is 17.3 Å². The van der Waals surface area contributed by atoms with Gasteiger partial charge in [-0.2, -0.15) is 0 Å². The first-order valence-electron chi connectivity index (χ1n) is 13.1. The van der Waals surface area contributed by atoms with Crippen molar-refractivity contribution >= 4 is 17.5 Å². The van der Waals surface area contributed by atoms with Crippen molar-refractivity contribution in [3.05, 3.63) is 70.9 Å². The second-order valence-electron chi connectivity index (χ2n) is 10.6. The van der Waals surface area contributed by atoms with Gasteiger partial charge in [-0.05, 0) is 48.9 Å². The van der Waals surface area contributed by atoms with Crippen LogP contribution in [0.25, 0.3) is 0 Å². The molecule has 0 N–H and O–H groups in total. The van der Waals surface area contributed by atoms with Gasteiger partial charge >= 0.3 is 5.97 Å². The van der Waals surface area contributed by atoms with Gasteiger partial charge in [0.25, 0.3) is 0 Å². The number of nitrogens with zero attached hydrogens (tertiary/aromatic N) is 1. The van der Waals surface area contributed by atoms with Gasteiger partial charge in [0.1, 0.15) is 19.1 Å². The molecule has 2 aromatic carbocycles. The van der Waals surface area contributed by atoms with E-state index in [0.29, 0.717) is 55.4 Å². The standard InChI is InChI=1S/C31H37NO6/c1-6-36-14-15-37-30(34)27-20(2)32-23-17-31(3,4)18-24(33)29(23)28(27)22-12-13-25(26(16-22)35-5)38-19-21-10-8-7-9-11-21/h7-13,16,27-28H,6,14-15,17-19H2,1-5H3/t27?,28-/m0/s1. The smallest absolute Gasteiger partial charge is 0.315 e. The summed E-state index contributed by atoms with van der Waals surface area (Å²) < 4.78 is 22.7. The molecule has 0 amide bonds. The van der Waals surface area contributed by atoms with Crippen LogP contribution in [0.1, 0.15) is 57.6 Å². The monoisotopic (exact) mass is 519 g/mol. The molecule has 202 valence electrons. The molecule has 0 radical (unpaired) electrons. The maximum Gasteiger partial charge on any atom is 0.315 e. The third kappa shape index (κ3) is 6.16. The molecule has 7 nitrogen and oxygen atoms in total. The van der Waals surface area contributed by atoms with Gasteiger partial charge in [0.05, 0.1) is 13.7 Å². The number of allylic oxidation sites excluding steroid dienone is 2. The van der Waals surface area contributed by atoms with Crippen molar-refractivity contribution < 1.29 is 28.5 Å². The van der Waals surface area contributed by atoms with E-state index in [4.69, 9.17) is 23.9 Å². The number of rotatable bonds is 10. The first kappa shape index (κ1) is 27.6. The molecule has 7 heteroatoms. The number of Topliss-reactive ketones (excluding diaryl/α,β-unsaturated/α-hetero) is 1. The maximum atomic E-state index is 13.5. The van der Waals surface area contributed by atoms with Crippen LogP contribution in [-0.2, 0) is 25.7 Å². The van der Waals surface area contributed by atoms with Crippen LogP contribution in [0.5, 0.6) is 11.5 Å². The molecule has 2 aromatic rings. The lowest BCUT2D eigenvalue weighted by Gasteiger charge is -2.39. The molecular weight excluding hydrogens is 482 g/mol. The molecule has 0 bridgehead atoms. The fourth-order valence-electron chi connectivity index (χ4n) is 5.28. The zero-order valence-corrected chi connectivity index (χ0v) is 22.9. The predicted octanol–water partition coefficient (Wildman–Crippen LogP) is 5.67. The molecule has 0 saturated carbocycles. The van der Waals surface area contributed by atoms with Crippen molar-refractivity contribution in [3.63, 3.8) is 0 Å². The van der Waals surface area contributed by atoms with Crippen LogP contribution < -0.4 is 9.47 Å². The minimum Gasteiger partial charge on any atom is -0.493 e. The average molecular weight is 520 g/mol. The summed E-state index contributed by atoms with van der Waals surface area (Å²) in [5.74, 6) is -0.518.